The van der Waals surface area contributed by atoms with Gasteiger partial charge in [0.2, 0.25) is 0 Å². The first-order valence-electron chi connectivity index (χ1n) is 18.0. The van der Waals surface area contributed by atoms with Crippen molar-refractivity contribution in [1.29, 1.82) is 0 Å². The summed E-state index contributed by atoms with van der Waals surface area (Å²) in [6, 6.07) is 29.6. The number of nitrogens with zero attached hydrogens (tertiary/aromatic N) is 1. The molecule has 0 radical (unpaired) electrons. The molecule has 0 N–H and O–H groups in total. The van der Waals surface area contributed by atoms with Crippen LogP contribution >= 0.6 is 0 Å². The monoisotopic (exact) mass is 546 g/mol. The van der Waals surface area contributed by atoms with E-state index in [2.05, 4.69) is 6.07 Å². The van der Waals surface area contributed by atoms with Gasteiger partial charge in [0.15, 0.2) is 0 Å². The second-order valence-corrected chi connectivity index (χ2v) is 9.86. The summed E-state index contributed by atoms with van der Waals surface area (Å²) in [6.45, 7) is 0. The van der Waals surface area contributed by atoms with Gasteiger partial charge < -0.3 is 9.32 Å². The lowest BCUT2D eigenvalue weighted by Gasteiger charge is -2.28. The van der Waals surface area contributed by atoms with Gasteiger partial charge in [-0.05, 0) is 64.5 Å². The average Bonchev–Trinajstić information content (AvgIpc) is 3.55. The number of para-hydroxylation sites is 2. The summed E-state index contributed by atoms with van der Waals surface area (Å²) in [5.41, 5.74) is 3.35. The van der Waals surface area contributed by atoms with Crippen LogP contribution < -0.4 is 4.90 Å². The van der Waals surface area contributed by atoms with Crippen LogP contribution in [0, 0.1) is 0 Å². The predicted molar refractivity (Wildman–Crippen MR) is 177 cm³/mol. The Morgan fingerprint density at radius 2 is 1.21 bits per heavy atom. The van der Waals surface area contributed by atoms with Gasteiger partial charge in [0.1, 0.15) is 11.2 Å². The highest BCUT2D eigenvalue weighted by molar-refractivity contribution is 6.19. The third-order valence-corrected chi connectivity index (χ3v) is 7.42. The zero-order valence-corrected chi connectivity index (χ0v) is 22.2. The molecule has 0 bridgehead atoms. The Labute approximate surface area is 257 Å². The number of hydrogen-bond donors (Lipinski definition) is 0. The van der Waals surface area contributed by atoms with Gasteiger partial charge >= 0.3 is 0 Å². The molecule has 0 unspecified atom stereocenters. The minimum atomic E-state index is -0.624. The summed E-state index contributed by atoms with van der Waals surface area (Å²) < 4.78 is 84.7. The molecule has 0 aliphatic heterocycles. The summed E-state index contributed by atoms with van der Waals surface area (Å²) >= 11 is 0. The summed E-state index contributed by atoms with van der Waals surface area (Å²) in [7, 11) is 0. The highest BCUT2D eigenvalue weighted by Crippen LogP contribution is 2.45. The normalized spacial score (nSPS) is 14.3. The summed E-state index contributed by atoms with van der Waals surface area (Å²) in [5.74, 6) is 0. The maximum absolute atomic E-state index is 9.31. The number of fused-ring (bicyclic) bond motifs is 5. The molecule has 0 fully saturated rings. The maximum atomic E-state index is 9.31. The van der Waals surface area contributed by atoms with E-state index < -0.39 is 54.4 Å². The van der Waals surface area contributed by atoms with Gasteiger partial charge in [0.25, 0.3) is 0 Å². The smallest absolute Gasteiger partial charge is 0.143 e. The van der Waals surface area contributed by atoms with Crippen molar-refractivity contribution >= 4 is 49.8 Å². The van der Waals surface area contributed by atoms with Gasteiger partial charge in [-0.25, -0.2) is 0 Å². The molecule has 0 amide bonds. The quantitative estimate of drug-likeness (QED) is 0.213. The van der Waals surface area contributed by atoms with E-state index in [9.17, 15) is 2.74 Å². The lowest BCUT2D eigenvalue weighted by molar-refractivity contribution is 0.673. The zero-order valence-electron chi connectivity index (χ0n) is 31.2. The molecule has 0 atom stereocenters. The molecule has 7 aromatic carbocycles. The molecule has 42 heavy (non-hydrogen) atoms. The number of rotatable bonds is 5. The molecule has 0 saturated heterocycles. The Bertz CT molecular complexity index is 2650. The molecule has 2 heteroatoms. The van der Waals surface area contributed by atoms with Gasteiger partial charge in [-0.3, -0.25) is 0 Å². The van der Waals surface area contributed by atoms with E-state index in [1.54, 1.807) is 4.90 Å². The lowest BCUT2D eigenvalue weighted by atomic mass is 9.96. The fourth-order valence-electron chi connectivity index (χ4n) is 5.56. The molecular formula is C40H27NO. The molecule has 8 rings (SSSR count). The minimum absolute atomic E-state index is 0.0602. The molecule has 0 saturated carbocycles. The Morgan fingerprint density at radius 3 is 2.07 bits per heavy atom. The summed E-state index contributed by atoms with van der Waals surface area (Å²) in [6.07, 6.45) is 0. The molecular weight excluding hydrogens is 510 g/mol. The van der Waals surface area contributed by atoms with Crippen molar-refractivity contribution in [3.63, 3.8) is 0 Å². The first kappa shape index (κ1) is 16.6. The SMILES string of the molecule is [2H]c1c([2H])c([2H])c(-c2c([2H])c([2H])c(N(c3ccccc3)c3ccccc3-c3cccc4oc5c6ccccc6ccc5c34)c([2H])c2[2H])c([2H])c1[2H]. The predicted octanol–water partition coefficient (Wildman–Crippen LogP) is 11.5. The van der Waals surface area contributed by atoms with Crippen molar-refractivity contribution in [2.24, 2.45) is 0 Å². The Kier molecular flexibility index (Phi) is 4.00. The van der Waals surface area contributed by atoms with Crippen LogP contribution in [0.3, 0.4) is 0 Å². The van der Waals surface area contributed by atoms with Gasteiger partial charge in [0, 0.05) is 33.1 Å². The molecule has 1 heterocycles. The van der Waals surface area contributed by atoms with Crippen LogP contribution in [0.15, 0.2) is 168 Å². The topological polar surface area (TPSA) is 16.4 Å². The Balaban J connectivity index is 1.42. The van der Waals surface area contributed by atoms with Crippen LogP contribution in [0.4, 0.5) is 17.1 Å². The Hall–Kier alpha value is -5.60. The van der Waals surface area contributed by atoms with Crippen molar-refractivity contribution in [1.82, 2.24) is 0 Å². The third kappa shape index (κ3) is 4.05. The zero-order chi connectivity index (χ0) is 35.7. The standard InChI is InChI=1S/C40H27NO/c1-3-12-28(13-4-1)29-22-25-32(26-23-29)41(31-15-5-2-6-16-31)37-20-10-9-18-34(37)35-19-11-21-38-39(35)36-27-24-30-14-7-8-17-33(30)40(36)42-38/h1-27H/i1D,3D,4D,12D,13D,22D,23D,25D,26D. The van der Waals surface area contributed by atoms with E-state index in [0.29, 0.717) is 17.0 Å². The molecule has 0 aliphatic carbocycles. The highest BCUT2D eigenvalue weighted by atomic mass is 16.3. The van der Waals surface area contributed by atoms with Gasteiger partial charge in [-0.2, -0.15) is 0 Å². The molecule has 1 aromatic heterocycles. The van der Waals surface area contributed by atoms with Gasteiger partial charge in [-0.1, -0.05) is 121 Å². The summed E-state index contributed by atoms with van der Waals surface area (Å²) in [5, 5.41) is 3.85. The largest absolute Gasteiger partial charge is 0.455 e. The second kappa shape index (κ2) is 10.1. The molecule has 0 spiro atoms. The van der Waals surface area contributed by atoms with Crippen molar-refractivity contribution in [3.05, 3.63) is 164 Å². The molecule has 8 aromatic rings. The highest BCUT2D eigenvalue weighted by Gasteiger charge is 2.20. The molecule has 198 valence electrons. The molecule has 2 nitrogen and oxygen atoms in total. The fourth-order valence-corrected chi connectivity index (χ4v) is 5.56. The first-order valence-corrected chi connectivity index (χ1v) is 13.5. The van der Waals surface area contributed by atoms with E-state index >= 15 is 0 Å². The fraction of sp³-hybridized carbons (Fsp3) is 0. The number of anilines is 3. The van der Waals surface area contributed by atoms with Crippen LogP contribution in [0.1, 0.15) is 12.3 Å². The first-order chi connectivity index (χ1) is 24.6. The van der Waals surface area contributed by atoms with E-state index in [1.807, 2.05) is 103 Å². The van der Waals surface area contributed by atoms with Crippen molar-refractivity contribution in [2.45, 2.75) is 0 Å². The minimum Gasteiger partial charge on any atom is -0.455 e. The average molecular weight is 547 g/mol. The van der Waals surface area contributed by atoms with Gasteiger partial charge in [-0.15, -0.1) is 0 Å². The van der Waals surface area contributed by atoms with E-state index in [0.717, 1.165) is 38.3 Å². The van der Waals surface area contributed by atoms with Crippen LogP contribution in [-0.4, -0.2) is 0 Å². The van der Waals surface area contributed by atoms with E-state index in [4.69, 9.17) is 14.0 Å². The number of benzene rings is 7. The second-order valence-electron chi connectivity index (χ2n) is 9.86. The molecule has 0 aliphatic rings. The van der Waals surface area contributed by atoms with E-state index in [1.165, 1.54) is 0 Å². The van der Waals surface area contributed by atoms with Crippen molar-refractivity contribution in [2.75, 3.05) is 4.90 Å². The number of furan rings is 1. The van der Waals surface area contributed by atoms with Crippen LogP contribution in [0.5, 0.6) is 0 Å². The van der Waals surface area contributed by atoms with Crippen LogP contribution in [0.2, 0.25) is 0 Å². The van der Waals surface area contributed by atoms with Crippen LogP contribution in [-0.2, 0) is 0 Å². The third-order valence-electron chi connectivity index (χ3n) is 7.42. The maximum Gasteiger partial charge on any atom is 0.143 e. The van der Waals surface area contributed by atoms with Gasteiger partial charge in [0.05, 0.1) is 18.0 Å². The van der Waals surface area contributed by atoms with E-state index in [-0.39, 0.29) is 16.8 Å². The lowest BCUT2D eigenvalue weighted by Crippen LogP contribution is -2.11. The summed E-state index contributed by atoms with van der Waals surface area (Å²) in [4.78, 5) is 1.68. The van der Waals surface area contributed by atoms with Crippen LogP contribution in [0.25, 0.3) is 55.0 Å². The van der Waals surface area contributed by atoms with Crippen molar-refractivity contribution in [3.8, 4) is 22.3 Å². The number of hydrogen-bond acceptors (Lipinski definition) is 2. The Morgan fingerprint density at radius 1 is 0.500 bits per heavy atom. The van der Waals surface area contributed by atoms with Crippen molar-refractivity contribution < 1.29 is 16.8 Å².